The molecule has 1 aliphatic rings. The number of hydrogen-bond donors (Lipinski definition) is 5. The molecule has 274 valence electrons. The summed E-state index contributed by atoms with van der Waals surface area (Å²) in [7, 11) is 5.09. The average molecular weight is 715 g/mol. The summed E-state index contributed by atoms with van der Waals surface area (Å²) in [6.45, 7) is 7.91. The molecule has 1 aromatic carbocycles. The van der Waals surface area contributed by atoms with E-state index in [4.69, 9.17) is 18.3 Å². The first-order chi connectivity index (χ1) is 23.7. The number of benzene rings is 1. The second kappa shape index (κ2) is 21.9. The molecule has 16 heteroatoms. The Hall–Kier alpha value is -4.08. The number of carbonyl (C=O) groups excluding carboxylic acids is 7. The molecular weight excluding hydrogens is 663 g/mol. The molecule has 1 aliphatic heterocycles. The summed E-state index contributed by atoms with van der Waals surface area (Å²) in [6.07, 6.45) is 4.45. The van der Waals surface area contributed by atoms with E-state index in [2.05, 4.69) is 35.1 Å². The number of nitrogens with two attached hydrogens (primary N) is 1. The Morgan fingerprint density at radius 3 is 2.26 bits per heavy atom. The van der Waals surface area contributed by atoms with Gasteiger partial charge in [0.2, 0.25) is 29.5 Å². The molecule has 2 rings (SSSR count). The number of likely N-dealkylation sites (tertiary alicyclic amines) is 1. The zero-order chi connectivity index (χ0) is 37.2. The van der Waals surface area contributed by atoms with E-state index in [-0.39, 0.29) is 61.3 Å². The Labute approximate surface area is 299 Å². The van der Waals surface area contributed by atoms with Crippen molar-refractivity contribution in [2.24, 2.45) is 11.7 Å². The molecule has 14 nitrogen and oxygen atoms in total. The predicted octanol–water partition coefficient (Wildman–Crippen LogP) is 2.38. The number of nitrogens with one attached hydrogen (secondary N) is 4. The molecule has 50 heavy (non-hydrogen) atoms. The van der Waals surface area contributed by atoms with Crippen LogP contribution in [0.4, 0.5) is 10.5 Å². The molecule has 0 bridgehead atoms. The molecule has 1 aromatic rings. The number of primary amides is 1. The first-order valence-corrected chi connectivity index (χ1v) is 18.1. The minimum Gasteiger partial charge on any atom is -0.487 e. The van der Waals surface area contributed by atoms with Crippen LogP contribution in [0.1, 0.15) is 85.5 Å². The molecule has 2 unspecified atom stereocenters. The minimum absolute atomic E-state index is 0.129. The van der Waals surface area contributed by atoms with Crippen molar-refractivity contribution in [1.82, 2.24) is 20.9 Å². The van der Waals surface area contributed by atoms with E-state index in [1.165, 1.54) is 4.90 Å². The maximum Gasteiger partial charge on any atom is 0.312 e. The summed E-state index contributed by atoms with van der Waals surface area (Å²) < 4.78 is 5.23. The van der Waals surface area contributed by atoms with E-state index in [1.807, 2.05) is 0 Å². The summed E-state index contributed by atoms with van der Waals surface area (Å²) in [5, 5.41) is 10.7. The number of nitrogens with zero attached hydrogens (tertiary/aromatic N) is 1. The Bertz CT molecular complexity index is 1330. The number of carbonyl (C=O) groups is 7. The van der Waals surface area contributed by atoms with E-state index < -0.39 is 35.6 Å². The van der Waals surface area contributed by atoms with Gasteiger partial charge in [-0.25, -0.2) is 4.79 Å². The van der Waals surface area contributed by atoms with Crippen LogP contribution in [0, 0.1) is 5.92 Å². The van der Waals surface area contributed by atoms with Crippen LogP contribution >= 0.6 is 11.8 Å². The third kappa shape index (κ3) is 14.8. The summed E-state index contributed by atoms with van der Waals surface area (Å²) >= 11 is 1.58. The maximum atomic E-state index is 13.4. The zero-order valence-corrected chi connectivity index (χ0v) is 30.3. The highest BCUT2D eigenvalue weighted by molar-refractivity contribution is 8.01. The van der Waals surface area contributed by atoms with Crippen LogP contribution in [0.15, 0.2) is 24.3 Å². The number of imide groups is 1. The third-order valence-corrected chi connectivity index (χ3v) is 9.87. The van der Waals surface area contributed by atoms with Crippen molar-refractivity contribution in [2.45, 2.75) is 108 Å². The lowest BCUT2D eigenvalue weighted by Gasteiger charge is -2.25. The van der Waals surface area contributed by atoms with E-state index in [0.717, 1.165) is 12.8 Å². The second-order valence-corrected chi connectivity index (χ2v) is 14.0. The molecule has 7 amide bonds. The van der Waals surface area contributed by atoms with Gasteiger partial charge in [0.1, 0.15) is 30.1 Å². The lowest BCUT2D eigenvalue weighted by molar-refractivity contribution is -0.138. The molecule has 1 fully saturated rings. The highest BCUT2D eigenvalue weighted by Crippen LogP contribution is 2.31. The SMILES string of the molecule is [B]C(=O)COc1ccc(NC(=O)[C@H](CCCNC(N)=O)NC(=O)C(NC(=O)CCCCCN2C(=O)CC(SC(CC)CC)C2=O)C(C)C)cc1. The Morgan fingerprint density at radius 1 is 0.980 bits per heavy atom. The van der Waals surface area contributed by atoms with Gasteiger partial charge < -0.3 is 36.5 Å². The van der Waals surface area contributed by atoms with Gasteiger partial charge in [-0.15, -0.1) is 11.8 Å². The average Bonchev–Trinajstić information content (AvgIpc) is 3.33. The van der Waals surface area contributed by atoms with Crippen molar-refractivity contribution in [3.8, 4) is 5.75 Å². The summed E-state index contributed by atoms with van der Waals surface area (Å²) in [6, 6.07) is 3.56. The maximum absolute atomic E-state index is 13.4. The number of rotatable bonds is 23. The Kier molecular flexibility index (Phi) is 18.4. The van der Waals surface area contributed by atoms with Crippen LogP contribution in [0.2, 0.25) is 0 Å². The number of urea groups is 1. The van der Waals surface area contributed by atoms with Crippen LogP contribution in [0.25, 0.3) is 0 Å². The standard InChI is InChI=1S/C34H51BN6O8S/c1-5-24(6-2)50-26-19-29(44)41(33(26)47)18-9-7-8-12-28(43)40-30(21(3)4)32(46)39-25(11-10-17-37-34(36)48)31(45)38-22-13-15-23(16-14-22)49-20-27(35)42/h13-16,21,24-26,30H,5-12,17-20H2,1-4H3,(H,38,45)(H,39,46)(H,40,43)(H3,36,37,48)/t25-,26?,30?/m0/s1. The topological polar surface area (TPSA) is 206 Å². The fraction of sp³-hybridized carbons (Fsp3) is 0.618. The fourth-order valence-corrected chi connectivity index (χ4v) is 6.62. The fourth-order valence-electron chi connectivity index (χ4n) is 5.29. The van der Waals surface area contributed by atoms with Gasteiger partial charge in [0, 0.05) is 36.9 Å². The van der Waals surface area contributed by atoms with Crippen molar-refractivity contribution in [1.29, 1.82) is 0 Å². The van der Waals surface area contributed by atoms with Gasteiger partial charge in [-0.1, -0.05) is 34.1 Å². The van der Waals surface area contributed by atoms with E-state index in [9.17, 15) is 33.6 Å². The highest BCUT2D eigenvalue weighted by Gasteiger charge is 2.39. The van der Waals surface area contributed by atoms with Crippen LogP contribution in [0.3, 0.4) is 0 Å². The van der Waals surface area contributed by atoms with E-state index >= 15 is 0 Å². The number of thioether (sulfide) groups is 1. The molecule has 6 N–H and O–H groups in total. The number of unbranched alkanes of at least 4 members (excludes halogenated alkanes) is 2. The molecule has 0 spiro atoms. The monoisotopic (exact) mass is 714 g/mol. The third-order valence-electron chi connectivity index (χ3n) is 8.13. The van der Waals surface area contributed by atoms with Gasteiger partial charge >= 0.3 is 6.03 Å². The molecule has 2 radical (unpaired) electrons. The van der Waals surface area contributed by atoms with E-state index in [1.54, 1.807) is 49.9 Å². The summed E-state index contributed by atoms with van der Waals surface area (Å²) in [5.74, 6) is -1.61. The highest BCUT2D eigenvalue weighted by atomic mass is 32.2. The molecule has 0 aliphatic carbocycles. The Balaban J connectivity index is 1.91. The van der Waals surface area contributed by atoms with Crippen molar-refractivity contribution in [3.63, 3.8) is 0 Å². The lowest BCUT2D eigenvalue weighted by atomic mass is 10.0. The van der Waals surface area contributed by atoms with Crippen LogP contribution < -0.4 is 31.7 Å². The molecule has 0 saturated carbocycles. The van der Waals surface area contributed by atoms with Crippen molar-refractivity contribution in [3.05, 3.63) is 24.3 Å². The quantitative estimate of drug-likeness (QED) is 0.0640. The largest absolute Gasteiger partial charge is 0.487 e. The molecule has 1 saturated heterocycles. The zero-order valence-electron chi connectivity index (χ0n) is 29.5. The van der Waals surface area contributed by atoms with E-state index in [0.29, 0.717) is 48.9 Å². The van der Waals surface area contributed by atoms with Crippen molar-refractivity contribution in [2.75, 3.05) is 25.0 Å². The first-order valence-electron chi connectivity index (χ1n) is 17.2. The second-order valence-electron chi connectivity index (χ2n) is 12.5. The summed E-state index contributed by atoms with van der Waals surface area (Å²) in [4.78, 5) is 88.1. The smallest absolute Gasteiger partial charge is 0.312 e. The molecule has 1 heterocycles. The van der Waals surface area contributed by atoms with Crippen LogP contribution in [-0.2, 0) is 28.8 Å². The normalized spacial score (nSPS) is 15.5. The van der Waals surface area contributed by atoms with Gasteiger partial charge in [-0.2, -0.15) is 0 Å². The van der Waals surface area contributed by atoms with Crippen molar-refractivity contribution >= 4 is 66.5 Å². The first kappa shape index (κ1) is 42.1. The molecule has 3 atom stereocenters. The number of hydrogen-bond acceptors (Lipinski definition) is 9. The lowest BCUT2D eigenvalue weighted by Crippen LogP contribution is -2.54. The van der Waals surface area contributed by atoms with Gasteiger partial charge in [-0.05, 0) is 68.7 Å². The molecular formula is C34H51BN6O8S. The van der Waals surface area contributed by atoms with Crippen LogP contribution in [-0.4, -0.2) is 96.3 Å². The van der Waals surface area contributed by atoms with Gasteiger partial charge in [0.25, 0.3) is 0 Å². The summed E-state index contributed by atoms with van der Waals surface area (Å²) in [5.41, 5.74) is 4.91. The van der Waals surface area contributed by atoms with Gasteiger partial charge in [0.05, 0.1) is 5.25 Å². The number of anilines is 1. The minimum atomic E-state index is -1.01. The number of amides is 7. The Morgan fingerprint density at radius 2 is 1.66 bits per heavy atom. The van der Waals surface area contributed by atoms with Gasteiger partial charge in [0.15, 0.2) is 7.85 Å². The van der Waals surface area contributed by atoms with Gasteiger partial charge in [-0.3, -0.25) is 28.9 Å². The van der Waals surface area contributed by atoms with Crippen LogP contribution in [0.5, 0.6) is 5.75 Å². The molecule has 0 aromatic heterocycles. The van der Waals surface area contributed by atoms with Crippen molar-refractivity contribution < 1.29 is 38.3 Å². The number of ether oxygens (including phenoxy) is 1. The predicted molar refractivity (Wildman–Crippen MR) is 192 cm³/mol.